The van der Waals surface area contributed by atoms with Crippen molar-refractivity contribution in [2.24, 2.45) is 0 Å². The number of anilines is 1. The van der Waals surface area contributed by atoms with Gasteiger partial charge < -0.3 is 19.4 Å². The number of methoxy groups -OCH3 is 1. The monoisotopic (exact) mass is 510 g/mol. The molecule has 0 aliphatic carbocycles. The van der Waals surface area contributed by atoms with Crippen molar-refractivity contribution in [3.05, 3.63) is 89.0 Å². The molecule has 0 radical (unpaired) electrons. The lowest BCUT2D eigenvalue weighted by Crippen LogP contribution is -2.23. The van der Waals surface area contributed by atoms with Crippen LogP contribution in [-0.4, -0.2) is 53.1 Å². The number of rotatable bonds is 6. The van der Waals surface area contributed by atoms with Gasteiger partial charge in [0.25, 0.3) is 5.56 Å². The lowest BCUT2D eigenvalue weighted by atomic mass is 10.0. The Morgan fingerprint density at radius 2 is 1.97 bits per heavy atom. The largest absolute Gasteiger partial charge is 0.497 e. The van der Waals surface area contributed by atoms with E-state index in [1.54, 1.807) is 52.9 Å². The van der Waals surface area contributed by atoms with Gasteiger partial charge in [0.1, 0.15) is 17.9 Å². The summed E-state index contributed by atoms with van der Waals surface area (Å²) in [6, 6.07) is 15.9. The van der Waals surface area contributed by atoms with Gasteiger partial charge in [-0.05, 0) is 70.8 Å². The van der Waals surface area contributed by atoms with Gasteiger partial charge in [-0.3, -0.25) is 10.1 Å². The highest BCUT2D eigenvalue weighted by atomic mass is 16.5. The van der Waals surface area contributed by atoms with Crippen LogP contribution in [0.2, 0.25) is 0 Å². The summed E-state index contributed by atoms with van der Waals surface area (Å²) in [5.74, 6) is 1.35. The Bertz CT molecular complexity index is 1690. The number of aryl methyl sites for hydroxylation is 1. The van der Waals surface area contributed by atoms with E-state index >= 15 is 0 Å². The first-order chi connectivity index (χ1) is 18.5. The SMILES string of the molecule is COc1ccc(-n2cnnn2)c(-c2cc3n(c(=O)c2)[C@H](c2ncc(-c4ccc(NC(=O)O)cc4)[nH]2)CC3)c1. The van der Waals surface area contributed by atoms with E-state index in [-0.39, 0.29) is 11.6 Å². The maximum Gasteiger partial charge on any atom is 0.409 e. The van der Waals surface area contributed by atoms with Crippen molar-refractivity contribution in [1.82, 2.24) is 34.7 Å². The molecule has 0 saturated heterocycles. The molecule has 12 heteroatoms. The summed E-state index contributed by atoms with van der Waals surface area (Å²) < 4.78 is 8.76. The summed E-state index contributed by atoms with van der Waals surface area (Å²) in [5.41, 5.74) is 5.15. The molecule has 0 saturated carbocycles. The van der Waals surface area contributed by atoms with Gasteiger partial charge in [0, 0.05) is 23.0 Å². The predicted octanol–water partition coefficient (Wildman–Crippen LogP) is 3.52. The lowest BCUT2D eigenvalue weighted by Gasteiger charge is -2.15. The minimum Gasteiger partial charge on any atom is -0.497 e. The summed E-state index contributed by atoms with van der Waals surface area (Å²) in [4.78, 5) is 32.2. The van der Waals surface area contributed by atoms with Crippen molar-refractivity contribution in [1.29, 1.82) is 0 Å². The summed E-state index contributed by atoms with van der Waals surface area (Å²) in [6.45, 7) is 0. The molecule has 0 spiro atoms. The number of nitrogens with one attached hydrogen (secondary N) is 2. The average Bonchev–Trinajstić information content (AvgIpc) is 3.69. The Morgan fingerprint density at radius 1 is 1.13 bits per heavy atom. The zero-order valence-corrected chi connectivity index (χ0v) is 20.2. The molecule has 0 fully saturated rings. The molecule has 2 aromatic carbocycles. The van der Waals surface area contributed by atoms with E-state index in [1.807, 2.05) is 24.3 Å². The first-order valence-electron chi connectivity index (χ1n) is 11.8. The first kappa shape index (κ1) is 23.2. The Morgan fingerprint density at radius 3 is 2.71 bits per heavy atom. The number of hydrogen-bond acceptors (Lipinski definition) is 7. The number of imidazole rings is 1. The van der Waals surface area contributed by atoms with Gasteiger partial charge in [0.15, 0.2) is 0 Å². The molecule has 38 heavy (non-hydrogen) atoms. The Labute approximate surface area is 215 Å². The number of carbonyl (C=O) groups is 1. The van der Waals surface area contributed by atoms with Crippen LogP contribution in [-0.2, 0) is 6.42 Å². The van der Waals surface area contributed by atoms with Crippen molar-refractivity contribution in [3.63, 3.8) is 0 Å². The fourth-order valence-electron chi connectivity index (χ4n) is 4.86. The number of carboxylic acid groups (broad SMARTS) is 1. The fraction of sp³-hybridized carbons (Fsp3) is 0.154. The third-order valence-electron chi connectivity index (χ3n) is 6.60. The molecule has 6 rings (SSSR count). The zero-order valence-electron chi connectivity index (χ0n) is 20.2. The van der Waals surface area contributed by atoms with Crippen molar-refractivity contribution >= 4 is 11.8 Å². The van der Waals surface area contributed by atoms with Crippen LogP contribution in [0.1, 0.15) is 24.0 Å². The number of amides is 1. The Kier molecular flexibility index (Phi) is 5.68. The molecule has 3 aromatic heterocycles. The van der Waals surface area contributed by atoms with Crippen LogP contribution in [0.15, 0.2) is 71.9 Å². The number of ether oxygens (including phenoxy) is 1. The van der Waals surface area contributed by atoms with Crippen LogP contribution in [0.25, 0.3) is 28.1 Å². The van der Waals surface area contributed by atoms with Gasteiger partial charge in [-0.1, -0.05) is 12.1 Å². The second-order valence-electron chi connectivity index (χ2n) is 8.83. The summed E-state index contributed by atoms with van der Waals surface area (Å²) >= 11 is 0. The summed E-state index contributed by atoms with van der Waals surface area (Å²) in [5, 5.41) is 22.7. The number of fused-ring (bicyclic) bond motifs is 1. The van der Waals surface area contributed by atoms with Gasteiger partial charge in [0.2, 0.25) is 0 Å². The van der Waals surface area contributed by atoms with Crippen molar-refractivity contribution in [3.8, 4) is 33.8 Å². The first-order valence-corrected chi connectivity index (χ1v) is 11.8. The number of H-pyrrole nitrogens is 1. The van der Waals surface area contributed by atoms with E-state index in [4.69, 9.17) is 9.84 Å². The number of aromatic amines is 1. The molecule has 190 valence electrons. The van der Waals surface area contributed by atoms with Crippen molar-refractivity contribution in [2.45, 2.75) is 18.9 Å². The van der Waals surface area contributed by atoms with E-state index in [0.717, 1.165) is 40.2 Å². The fourth-order valence-corrected chi connectivity index (χ4v) is 4.86. The van der Waals surface area contributed by atoms with Crippen LogP contribution >= 0.6 is 0 Å². The van der Waals surface area contributed by atoms with Crippen LogP contribution in [0.3, 0.4) is 0 Å². The van der Waals surface area contributed by atoms with E-state index < -0.39 is 6.09 Å². The van der Waals surface area contributed by atoms with Crippen molar-refractivity contribution < 1.29 is 14.6 Å². The van der Waals surface area contributed by atoms with Crippen LogP contribution in [0.4, 0.5) is 10.5 Å². The quantitative estimate of drug-likeness (QED) is 0.314. The molecule has 3 N–H and O–H groups in total. The van der Waals surface area contributed by atoms with Crippen LogP contribution in [0.5, 0.6) is 5.75 Å². The minimum atomic E-state index is -1.12. The third kappa shape index (κ3) is 4.17. The molecule has 4 heterocycles. The molecule has 12 nitrogen and oxygen atoms in total. The smallest absolute Gasteiger partial charge is 0.409 e. The highest BCUT2D eigenvalue weighted by Gasteiger charge is 2.28. The van der Waals surface area contributed by atoms with E-state index in [1.165, 1.54) is 6.33 Å². The number of pyridine rings is 1. The van der Waals surface area contributed by atoms with Gasteiger partial charge in [-0.25, -0.2) is 9.78 Å². The number of tetrazole rings is 1. The number of aromatic nitrogens is 7. The zero-order chi connectivity index (χ0) is 26.2. The Balaban J connectivity index is 1.33. The maximum atomic E-state index is 13.4. The van der Waals surface area contributed by atoms with Gasteiger partial charge in [-0.2, -0.15) is 4.68 Å². The molecule has 5 aromatic rings. The predicted molar refractivity (Wildman–Crippen MR) is 138 cm³/mol. The topological polar surface area (TPSA) is 153 Å². The summed E-state index contributed by atoms with van der Waals surface area (Å²) in [7, 11) is 1.59. The second-order valence-corrected chi connectivity index (χ2v) is 8.83. The molecule has 1 aliphatic rings. The summed E-state index contributed by atoms with van der Waals surface area (Å²) in [6.07, 6.45) is 3.55. The maximum absolute atomic E-state index is 13.4. The van der Waals surface area contributed by atoms with Crippen LogP contribution in [0, 0.1) is 0 Å². The van der Waals surface area contributed by atoms with Gasteiger partial charge >= 0.3 is 6.09 Å². The highest BCUT2D eigenvalue weighted by Crippen LogP contribution is 2.34. The molecule has 1 aliphatic heterocycles. The number of benzene rings is 2. The molecule has 1 atom stereocenters. The van der Waals surface area contributed by atoms with Gasteiger partial charge in [0.05, 0.1) is 30.7 Å². The molecule has 0 bridgehead atoms. The van der Waals surface area contributed by atoms with E-state index in [9.17, 15) is 9.59 Å². The Hall–Kier alpha value is -5.26. The normalized spacial score (nSPS) is 14.3. The molecule has 0 unspecified atom stereocenters. The standard InChI is InChI=1S/C26H22N8O4/c1-38-19-7-9-22(33-14-28-31-32-33)20(12-19)16-10-18-6-8-23(34(18)24(35)11-16)25-27-13-21(30-25)15-2-4-17(5-3-15)29-26(36)37/h2-5,7,9-14,23,29H,6,8H2,1H3,(H,27,30)(H,36,37)/t23-/m0/s1. The number of hydrogen-bond donors (Lipinski definition) is 3. The van der Waals surface area contributed by atoms with Crippen LogP contribution < -0.4 is 15.6 Å². The highest BCUT2D eigenvalue weighted by molar-refractivity contribution is 5.83. The van der Waals surface area contributed by atoms with Gasteiger partial charge in [-0.15, -0.1) is 5.10 Å². The van der Waals surface area contributed by atoms with E-state index in [0.29, 0.717) is 23.7 Å². The lowest BCUT2D eigenvalue weighted by molar-refractivity contribution is 0.209. The molecular formula is C26H22N8O4. The van der Waals surface area contributed by atoms with Crippen molar-refractivity contribution in [2.75, 3.05) is 12.4 Å². The minimum absolute atomic E-state index is 0.132. The number of nitrogens with zero attached hydrogens (tertiary/aromatic N) is 6. The molecule has 1 amide bonds. The van der Waals surface area contributed by atoms with E-state index in [2.05, 4.69) is 30.8 Å². The average molecular weight is 511 g/mol. The third-order valence-corrected chi connectivity index (χ3v) is 6.60. The molecular weight excluding hydrogens is 488 g/mol. The second kappa shape index (κ2) is 9.32.